The summed E-state index contributed by atoms with van der Waals surface area (Å²) in [4.78, 5) is 9.28. The molecular formula is C39H55B4FN6O2S. The Labute approximate surface area is 327 Å². The molecule has 0 spiro atoms. The van der Waals surface area contributed by atoms with Crippen molar-refractivity contribution in [2.24, 2.45) is 16.6 Å². The van der Waals surface area contributed by atoms with Gasteiger partial charge in [-0.2, -0.15) is 5.26 Å². The van der Waals surface area contributed by atoms with Gasteiger partial charge in [-0.05, 0) is 111 Å². The lowest BCUT2D eigenvalue weighted by Crippen LogP contribution is -2.48. The zero-order chi connectivity index (χ0) is 39.6. The molecule has 1 saturated heterocycles. The van der Waals surface area contributed by atoms with E-state index in [0.717, 1.165) is 78.1 Å². The molecule has 0 amide bonds. The van der Waals surface area contributed by atoms with Gasteiger partial charge < -0.3 is 26.2 Å². The number of aliphatic hydroxyl groups excluding tert-OH is 1. The van der Waals surface area contributed by atoms with Gasteiger partial charge in [0, 0.05) is 24.4 Å². The zero-order valence-electron chi connectivity index (χ0n) is 32.5. The summed E-state index contributed by atoms with van der Waals surface area (Å²) in [6.45, 7) is 20.5. The van der Waals surface area contributed by atoms with Crippen LogP contribution in [0.15, 0.2) is 51.7 Å². The fourth-order valence-corrected chi connectivity index (χ4v) is 8.98. The Hall–Kier alpha value is -2.81. The third-order valence-electron chi connectivity index (χ3n) is 10.6. The smallest absolute Gasteiger partial charge is 0.136 e. The topological polar surface area (TPSA) is 124 Å². The van der Waals surface area contributed by atoms with E-state index in [9.17, 15) is 9.65 Å². The first-order chi connectivity index (χ1) is 25.1. The first-order valence-corrected chi connectivity index (χ1v) is 19.5. The number of nitrogens with zero attached hydrogens (tertiary/aromatic N) is 4. The van der Waals surface area contributed by atoms with Crippen molar-refractivity contribution in [3.8, 4) is 6.07 Å². The number of likely N-dealkylation sites (tertiary alicyclic amines) is 1. The van der Waals surface area contributed by atoms with E-state index in [1.54, 1.807) is 6.92 Å². The second-order valence-electron chi connectivity index (χ2n) is 14.3. The largest absolute Gasteiger partial charge is 0.396 e. The summed E-state index contributed by atoms with van der Waals surface area (Å²) in [6.07, 6.45) is 8.92. The molecule has 278 valence electrons. The second-order valence-corrected chi connectivity index (χ2v) is 15.4. The van der Waals surface area contributed by atoms with Crippen molar-refractivity contribution >= 4 is 65.5 Å². The molecule has 8 radical (unpaired) electrons. The first-order valence-electron chi connectivity index (χ1n) is 18.7. The Balaban J connectivity index is 0.000000357. The molecule has 5 unspecified atom stereocenters. The number of rotatable bonds is 15. The average Bonchev–Trinajstić information content (AvgIpc) is 3.82. The molecule has 3 aliphatic rings. The molecular weight excluding hydrogens is 679 g/mol. The summed E-state index contributed by atoms with van der Waals surface area (Å²) in [5.41, 5.74) is 18.2. The van der Waals surface area contributed by atoms with Gasteiger partial charge in [-0.3, -0.25) is 4.90 Å². The molecule has 5 N–H and O–H groups in total. The van der Waals surface area contributed by atoms with Crippen molar-refractivity contribution in [2.75, 3.05) is 45.2 Å². The number of aliphatic hydroxyl groups is 1. The normalized spacial score (nSPS) is 23.1. The fraction of sp³-hybridized carbons (Fsp3) is 0.590. The maximum absolute atomic E-state index is 14.9. The summed E-state index contributed by atoms with van der Waals surface area (Å²) in [7, 11) is 23.8. The van der Waals surface area contributed by atoms with Crippen molar-refractivity contribution in [3.63, 3.8) is 0 Å². The van der Waals surface area contributed by atoms with Crippen LogP contribution in [-0.4, -0.2) is 110 Å². The van der Waals surface area contributed by atoms with E-state index in [2.05, 4.69) is 62.1 Å². The van der Waals surface area contributed by atoms with Crippen LogP contribution in [0.5, 0.6) is 0 Å². The van der Waals surface area contributed by atoms with Crippen LogP contribution in [0.1, 0.15) is 89.7 Å². The standard InChI is InChI=1S/C27H32FN5OS.C12H23B4NO/c1-6-22(28)26-24(18(9-29)27(31)35-26)15(3)23-16(4)25(33-8-7-14(2)17(33)5)19(10-32-13-30)20-11-34-12-21(20)23;1-3-7-17(8-4-2)11(12(14,15)16)10(13)6-5-9-18/h6,10,13-14,17,25H,3,7-8,11-12,31H2,1-2,4-5H3,(H2,30,32);10-11,18H,3-9H2,1-2H3/b19-10-,22-6+;. The molecule has 4 rings (SSSR count). The molecule has 1 fully saturated rings. The Morgan fingerprint density at radius 3 is 2.40 bits per heavy atom. The summed E-state index contributed by atoms with van der Waals surface area (Å²) in [5, 5.41) is 17.7. The number of aliphatic imine (C=N–C) groups is 1. The van der Waals surface area contributed by atoms with Crippen molar-refractivity contribution in [3.05, 3.63) is 62.7 Å². The molecule has 2 aliphatic heterocycles. The first kappa shape index (κ1) is 44.6. The Kier molecular flexibility index (Phi) is 17.0. The van der Waals surface area contributed by atoms with Crippen LogP contribution in [0.4, 0.5) is 9.39 Å². The SMILES string of the molecule is C=C(C1=C(C)C(N2CCC(C)C2C)/C(=C\N=CN)C2=C1COC2)c1c(/C(F)=C\C)sc(N)c1C#N.[B]C(CCCO)C(N(CCC)CCC)C([B])([B])[B]. The number of thiophene rings is 1. The molecule has 1 aromatic heterocycles. The molecule has 0 saturated carbocycles. The Bertz CT molecular complexity index is 1640. The van der Waals surface area contributed by atoms with E-state index < -0.39 is 10.9 Å². The lowest BCUT2D eigenvalue weighted by atomic mass is 9.36. The second kappa shape index (κ2) is 20.2. The van der Waals surface area contributed by atoms with Crippen LogP contribution in [0.2, 0.25) is 10.9 Å². The molecule has 8 nitrogen and oxygen atoms in total. The number of nitriles is 1. The molecule has 53 heavy (non-hydrogen) atoms. The van der Waals surface area contributed by atoms with Crippen molar-refractivity contribution in [1.29, 1.82) is 5.26 Å². The number of halogens is 1. The average molecular weight is 734 g/mol. The molecule has 5 atom stereocenters. The van der Waals surface area contributed by atoms with Crippen LogP contribution in [0, 0.1) is 17.2 Å². The van der Waals surface area contributed by atoms with Gasteiger partial charge >= 0.3 is 0 Å². The third-order valence-corrected chi connectivity index (χ3v) is 11.6. The third kappa shape index (κ3) is 10.1. The van der Waals surface area contributed by atoms with Gasteiger partial charge in [0.25, 0.3) is 0 Å². The number of ether oxygens (including phenoxy) is 1. The van der Waals surface area contributed by atoms with Crippen LogP contribution < -0.4 is 11.5 Å². The number of hydrogen-bond acceptors (Lipinski definition) is 8. The van der Waals surface area contributed by atoms with Gasteiger partial charge in [-0.25, -0.2) is 9.38 Å². The summed E-state index contributed by atoms with van der Waals surface area (Å²) in [5.74, 6) is -0.0851. The van der Waals surface area contributed by atoms with E-state index in [4.69, 9.17) is 52.7 Å². The summed E-state index contributed by atoms with van der Waals surface area (Å²) < 4.78 is 20.9. The Morgan fingerprint density at radius 1 is 1.25 bits per heavy atom. The highest BCUT2D eigenvalue weighted by Gasteiger charge is 2.42. The minimum atomic E-state index is -1.32. The van der Waals surface area contributed by atoms with Gasteiger partial charge in [0.1, 0.15) is 16.9 Å². The molecule has 1 aromatic rings. The van der Waals surface area contributed by atoms with Crippen molar-refractivity contribution in [2.45, 2.75) is 103 Å². The van der Waals surface area contributed by atoms with Gasteiger partial charge in [-0.1, -0.05) is 45.7 Å². The number of hydrogen-bond donors (Lipinski definition) is 3. The predicted octanol–water partition coefficient (Wildman–Crippen LogP) is 5.96. The minimum absolute atomic E-state index is 0.0533. The van der Waals surface area contributed by atoms with Gasteiger partial charge in [0.2, 0.25) is 0 Å². The van der Waals surface area contributed by atoms with Crippen LogP contribution in [0.3, 0.4) is 0 Å². The van der Waals surface area contributed by atoms with Gasteiger partial charge in [0.05, 0.1) is 67.4 Å². The number of nitrogen functional groups attached to an aromatic ring is 1. The summed E-state index contributed by atoms with van der Waals surface area (Å²) >= 11 is 1.08. The van der Waals surface area contributed by atoms with Gasteiger partial charge in [0.15, 0.2) is 0 Å². The molecule has 1 aliphatic carbocycles. The van der Waals surface area contributed by atoms with Crippen LogP contribution in [0.25, 0.3) is 11.4 Å². The highest BCUT2D eigenvalue weighted by atomic mass is 32.1. The fourth-order valence-electron chi connectivity index (χ4n) is 7.97. The van der Waals surface area contributed by atoms with Crippen LogP contribution >= 0.6 is 11.3 Å². The lowest BCUT2D eigenvalue weighted by molar-refractivity contribution is 0.179. The van der Waals surface area contributed by atoms with Crippen molar-refractivity contribution < 1.29 is 14.2 Å². The molecule has 0 aromatic carbocycles. The monoisotopic (exact) mass is 734 g/mol. The zero-order valence-corrected chi connectivity index (χ0v) is 33.3. The highest BCUT2D eigenvalue weighted by Crippen LogP contribution is 2.49. The molecule has 14 heteroatoms. The van der Waals surface area contributed by atoms with Crippen molar-refractivity contribution in [1.82, 2.24) is 9.80 Å². The van der Waals surface area contributed by atoms with E-state index >= 15 is 0 Å². The van der Waals surface area contributed by atoms with Gasteiger partial charge in [-0.15, -0.1) is 16.4 Å². The molecule has 3 heterocycles. The summed E-state index contributed by atoms with van der Waals surface area (Å²) in [6, 6.07) is 2.21. The number of allylic oxidation sites excluding steroid dienone is 2. The highest BCUT2D eigenvalue weighted by molar-refractivity contribution is 7.17. The maximum atomic E-state index is 14.9. The number of anilines is 1. The Morgan fingerprint density at radius 2 is 1.89 bits per heavy atom. The quantitative estimate of drug-likeness (QED) is 0.116. The number of nitrogens with two attached hydrogens (primary N) is 2. The maximum Gasteiger partial charge on any atom is 0.136 e. The minimum Gasteiger partial charge on any atom is -0.396 e. The van der Waals surface area contributed by atoms with E-state index in [0.29, 0.717) is 54.0 Å². The van der Waals surface area contributed by atoms with Crippen LogP contribution in [-0.2, 0) is 4.74 Å². The predicted molar refractivity (Wildman–Crippen MR) is 224 cm³/mol. The lowest BCUT2D eigenvalue weighted by Gasteiger charge is -2.45. The van der Waals surface area contributed by atoms with E-state index in [1.807, 2.05) is 6.20 Å². The van der Waals surface area contributed by atoms with E-state index in [1.165, 1.54) is 12.4 Å². The van der Waals surface area contributed by atoms with E-state index in [-0.39, 0.29) is 35.1 Å². The molecule has 0 bridgehead atoms.